The number of halogens is 3. The van der Waals surface area contributed by atoms with Crippen molar-refractivity contribution in [1.82, 2.24) is 4.57 Å². The molecule has 3 rings (SSSR count). The van der Waals surface area contributed by atoms with E-state index in [4.69, 9.17) is 10.5 Å². The molecule has 0 saturated heterocycles. The van der Waals surface area contributed by atoms with Crippen LogP contribution < -0.4 is 16.6 Å². The Morgan fingerprint density at radius 3 is 2.71 bits per heavy atom. The van der Waals surface area contributed by atoms with Gasteiger partial charge in [0.15, 0.2) is 0 Å². The summed E-state index contributed by atoms with van der Waals surface area (Å²) in [5.41, 5.74) is 3.28. The van der Waals surface area contributed by atoms with Gasteiger partial charge >= 0.3 is 5.97 Å². The van der Waals surface area contributed by atoms with Crippen LogP contribution in [0.5, 0.6) is 0 Å². The molecule has 2 aromatic rings. The molecule has 0 spiro atoms. The van der Waals surface area contributed by atoms with Gasteiger partial charge in [-0.05, 0) is 31.5 Å². The summed E-state index contributed by atoms with van der Waals surface area (Å²) in [4.78, 5) is 36.9. The van der Waals surface area contributed by atoms with Crippen molar-refractivity contribution in [2.24, 2.45) is 5.73 Å². The van der Waals surface area contributed by atoms with Crippen molar-refractivity contribution in [2.75, 3.05) is 11.9 Å². The van der Waals surface area contributed by atoms with Crippen molar-refractivity contribution in [1.29, 1.82) is 0 Å². The zero-order valence-corrected chi connectivity index (χ0v) is 16.3. The topological polar surface area (TPSA) is 103 Å². The summed E-state index contributed by atoms with van der Waals surface area (Å²) in [6.07, 6.45) is 0.145. The summed E-state index contributed by atoms with van der Waals surface area (Å²) >= 11 is 3.11. The number of pyridine rings is 1. The molecule has 148 valence electrons. The lowest BCUT2D eigenvalue weighted by molar-refractivity contribution is -0.119. The Balaban J connectivity index is 2.27. The number of carbonyl (C=O) groups excluding carboxylic acids is 2. The van der Waals surface area contributed by atoms with Crippen LogP contribution in [0.3, 0.4) is 0 Å². The molecule has 0 fully saturated rings. The number of nitrogens with zero attached hydrogens (tertiary/aromatic N) is 1. The van der Waals surface area contributed by atoms with Crippen LogP contribution in [0.1, 0.15) is 35.3 Å². The molecule has 1 aliphatic heterocycles. The minimum atomic E-state index is -1.28. The van der Waals surface area contributed by atoms with Gasteiger partial charge in [0.2, 0.25) is 11.7 Å². The van der Waals surface area contributed by atoms with Crippen molar-refractivity contribution < 1.29 is 23.1 Å². The van der Waals surface area contributed by atoms with Crippen molar-refractivity contribution in [3.8, 4) is 0 Å². The number of carbonyl (C=O) groups is 2. The monoisotopic (exact) mass is 455 g/mol. The fourth-order valence-electron chi connectivity index (χ4n) is 3.22. The van der Waals surface area contributed by atoms with Gasteiger partial charge in [-0.15, -0.1) is 0 Å². The number of anilines is 2. The normalized spacial score (nSPS) is 15.2. The van der Waals surface area contributed by atoms with Gasteiger partial charge in [0.05, 0.1) is 29.6 Å². The molecule has 1 amide bonds. The smallest absolute Gasteiger partial charge is 0.342 e. The van der Waals surface area contributed by atoms with Crippen molar-refractivity contribution >= 4 is 39.2 Å². The molecule has 0 bridgehead atoms. The number of rotatable bonds is 5. The molecule has 1 unspecified atom stereocenters. The van der Waals surface area contributed by atoms with E-state index in [1.54, 1.807) is 6.92 Å². The molecule has 2 heterocycles. The second kappa shape index (κ2) is 7.70. The highest BCUT2D eigenvalue weighted by molar-refractivity contribution is 9.10. The minimum Gasteiger partial charge on any atom is -0.462 e. The average molecular weight is 456 g/mol. The molecule has 28 heavy (non-hydrogen) atoms. The number of hydrogen-bond acceptors (Lipinski definition) is 5. The Morgan fingerprint density at radius 1 is 1.39 bits per heavy atom. The maximum absolute atomic E-state index is 14.9. The van der Waals surface area contributed by atoms with Crippen LogP contribution >= 0.6 is 15.9 Å². The van der Waals surface area contributed by atoms with Gasteiger partial charge < -0.3 is 20.4 Å². The van der Waals surface area contributed by atoms with Gasteiger partial charge in [-0.2, -0.15) is 4.39 Å². The molecule has 1 aromatic carbocycles. The Bertz CT molecular complexity index is 1040. The van der Waals surface area contributed by atoms with Crippen molar-refractivity contribution in [3.05, 3.63) is 55.9 Å². The lowest BCUT2D eigenvalue weighted by Crippen LogP contribution is -2.30. The lowest BCUT2D eigenvalue weighted by atomic mass is 9.98. The van der Waals surface area contributed by atoms with Crippen LogP contribution in [0, 0.1) is 11.6 Å². The summed E-state index contributed by atoms with van der Waals surface area (Å²) in [5, 5.41) is 2.47. The molecule has 10 heteroatoms. The number of ether oxygens (including phenoxy) is 1. The second-order valence-corrected chi connectivity index (χ2v) is 7.03. The number of benzene rings is 1. The summed E-state index contributed by atoms with van der Waals surface area (Å²) in [5.74, 6) is -4.69. The standard InChI is InChI=1S/C18H16BrF2N3O4/c1-2-28-18(27)12-14(23-11-4-3-8(19)7-10(11)20)13(21)17(26)24-6-5-9(15(12)24)16(22)25/h3-4,7,9,23H,2,5-6H2,1H3,(H2,22,25). The summed E-state index contributed by atoms with van der Waals surface area (Å²) < 4.78 is 35.6. The second-order valence-electron chi connectivity index (χ2n) is 6.12. The Labute approximate surface area is 166 Å². The lowest BCUT2D eigenvalue weighted by Gasteiger charge is -2.19. The maximum Gasteiger partial charge on any atom is 0.342 e. The van der Waals surface area contributed by atoms with Gasteiger partial charge in [-0.1, -0.05) is 15.9 Å². The SMILES string of the molecule is CCOC(=O)c1c(Nc2ccc(Br)cc2F)c(F)c(=O)n2c1C(C(N)=O)CC2. The molecule has 3 N–H and O–H groups in total. The zero-order valence-electron chi connectivity index (χ0n) is 14.7. The number of aromatic nitrogens is 1. The third-order valence-electron chi connectivity index (χ3n) is 4.43. The predicted molar refractivity (Wildman–Crippen MR) is 101 cm³/mol. The van der Waals surface area contributed by atoms with E-state index in [-0.39, 0.29) is 36.5 Å². The molecule has 7 nitrogen and oxygen atoms in total. The van der Waals surface area contributed by atoms with E-state index in [2.05, 4.69) is 21.2 Å². The Kier molecular flexibility index (Phi) is 5.50. The first kappa shape index (κ1) is 20.0. The molecule has 0 aliphatic carbocycles. The Hall–Kier alpha value is -2.75. The van der Waals surface area contributed by atoms with E-state index in [9.17, 15) is 23.2 Å². The van der Waals surface area contributed by atoms with E-state index in [0.717, 1.165) is 10.6 Å². The van der Waals surface area contributed by atoms with Crippen LogP contribution in [0.2, 0.25) is 0 Å². The highest BCUT2D eigenvalue weighted by Gasteiger charge is 2.37. The molecular weight excluding hydrogens is 440 g/mol. The zero-order chi connectivity index (χ0) is 20.6. The van der Waals surface area contributed by atoms with Crippen molar-refractivity contribution in [3.63, 3.8) is 0 Å². The first-order valence-electron chi connectivity index (χ1n) is 8.40. The number of nitrogens with one attached hydrogen (secondary N) is 1. The number of fused-ring (bicyclic) bond motifs is 1. The number of nitrogens with two attached hydrogens (primary N) is 1. The summed E-state index contributed by atoms with van der Waals surface area (Å²) in [6.45, 7) is 1.56. The first-order valence-corrected chi connectivity index (χ1v) is 9.20. The van der Waals surface area contributed by atoms with Gasteiger partial charge in [-0.25, -0.2) is 9.18 Å². The van der Waals surface area contributed by atoms with E-state index >= 15 is 0 Å². The molecule has 0 saturated carbocycles. The van der Waals surface area contributed by atoms with E-state index in [1.165, 1.54) is 12.1 Å². The molecule has 1 atom stereocenters. The number of esters is 1. The van der Waals surface area contributed by atoms with E-state index in [0.29, 0.717) is 4.47 Å². The first-order chi connectivity index (χ1) is 13.3. The van der Waals surface area contributed by atoms with Crippen LogP contribution in [0.15, 0.2) is 27.5 Å². The quantitative estimate of drug-likeness (QED) is 0.674. The number of hydrogen-bond donors (Lipinski definition) is 2. The number of amides is 1. The minimum absolute atomic E-state index is 0.0215. The van der Waals surface area contributed by atoms with Crippen LogP contribution in [0.4, 0.5) is 20.2 Å². The van der Waals surface area contributed by atoms with Crippen LogP contribution in [0.25, 0.3) is 0 Å². The molecule has 0 radical (unpaired) electrons. The van der Waals surface area contributed by atoms with Gasteiger partial charge in [0.1, 0.15) is 11.4 Å². The molecule has 1 aromatic heterocycles. The van der Waals surface area contributed by atoms with Crippen LogP contribution in [-0.4, -0.2) is 23.1 Å². The highest BCUT2D eigenvalue weighted by Crippen LogP contribution is 2.36. The fourth-order valence-corrected chi connectivity index (χ4v) is 3.55. The number of primary amides is 1. The van der Waals surface area contributed by atoms with Crippen molar-refractivity contribution in [2.45, 2.75) is 25.8 Å². The van der Waals surface area contributed by atoms with Gasteiger partial charge in [0.25, 0.3) is 5.56 Å². The third kappa shape index (κ3) is 3.39. The maximum atomic E-state index is 14.9. The average Bonchev–Trinajstić information content (AvgIpc) is 3.06. The predicted octanol–water partition coefficient (Wildman–Crippen LogP) is 2.78. The van der Waals surface area contributed by atoms with E-state index < -0.39 is 40.7 Å². The third-order valence-corrected chi connectivity index (χ3v) is 4.93. The highest BCUT2D eigenvalue weighted by atomic mass is 79.9. The fraction of sp³-hybridized carbons (Fsp3) is 0.278. The summed E-state index contributed by atoms with van der Waals surface area (Å²) in [7, 11) is 0. The molecule has 1 aliphatic rings. The van der Waals surface area contributed by atoms with Gasteiger partial charge in [-0.3, -0.25) is 9.59 Å². The summed E-state index contributed by atoms with van der Waals surface area (Å²) in [6, 6.07) is 3.95. The Morgan fingerprint density at radius 2 is 2.11 bits per heavy atom. The molecular formula is C18H16BrF2N3O4. The van der Waals surface area contributed by atoms with E-state index in [1.807, 2.05) is 0 Å². The van der Waals surface area contributed by atoms with Crippen LogP contribution in [-0.2, 0) is 16.1 Å². The largest absolute Gasteiger partial charge is 0.462 e. The van der Waals surface area contributed by atoms with Gasteiger partial charge in [0, 0.05) is 11.0 Å².